The topological polar surface area (TPSA) is 55.1 Å². The third-order valence-corrected chi connectivity index (χ3v) is 2.89. The van der Waals surface area contributed by atoms with E-state index in [2.05, 4.69) is 5.32 Å². The summed E-state index contributed by atoms with van der Waals surface area (Å²) in [7, 11) is 0. The number of amides is 1. The van der Waals surface area contributed by atoms with Crippen molar-refractivity contribution in [3.63, 3.8) is 0 Å². The predicted octanol–water partition coefficient (Wildman–Crippen LogP) is 3.42. The number of carbonyl (C=O) groups excluding carboxylic acids is 1. The molecule has 0 aliphatic carbocycles. The summed E-state index contributed by atoms with van der Waals surface area (Å²) in [6.07, 6.45) is -4.39. The predicted molar refractivity (Wildman–Crippen MR) is 73.7 cm³/mol. The molecular formula is C15H13F3N2O. The van der Waals surface area contributed by atoms with Crippen LogP contribution in [0.1, 0.15) is 21.5 Å². The summed E-state index contributed by atoms with van der Waals surface area (Å²) in [6.45, 7) is 0.307. The lowest BCUT2D eigenvalue weighted by Gasteiger charge is -2.09. The standard InChI is InChI=1S/C15H13F3N2O/c16-15(17,18)12-4-6-13(7-5-12)20-14(21)11-3-1-2-10(8-11)9-19/h1-8H,9,19H2,(H,20,21). The van der Waals surface area contributed by atoms with Crippen molar-refractivity contribution in [1.82, 2.24) is 0 Å². The van der Waals surface area contributed by atoms with E-state index in [4.69, 9.17) is 5.73 Å². The number of anilines is 1. The van der Waals surface area contributed by atoms with Crippen LogP contribution in [0.4, 0.5) is 18.9 Å². The molecule has 3 N–H and O–H groups in total. The SMILES string of the molecule is NCc1cccc(C(=O)Nc2ccc(C(F)(F)F)cc2)c1. The highest BCUT2D eigenvalue weighted by atomic mass is 19.4. The van der Waals surface area contributed by atoms with Gasteiger partial charge in [0.15, 0.2) is 0 Å². The first-order valence-electron chi connectivity index (χ1n) is 6.18. The van der Waals surface area contributed by atoms with Crippen LogP contribution in [0.2, 0.25) is 0 Å². The van der Waals surface area contributed by atoms with Crippen molar-refractivity contribution in [1.29, 1.82) is 0 Å². The number of hydrogen-bond acceptors (Lipinski definition) is 2. The highest BCUT2D eigenvalue weighted by Gasteiger charge is 2.29. The molecule has 1 amide bonds. The maximum absolute atomic E-state index is 12.4. The number of alkyl halides is 3. The molecule has 0 saturated carbocycles. The van der Waals surface area contributed by atoms with Gasteiger partial charge in [0.05, 0.1) is 5.56 Å². The van der Waals surface area contributed by atoms with Gasteiger partial charge in [-0.3, -0.25) is 4.79 Å². The van der Waals surface area contributed by atoms with Crippen LogP contribution >= 0.6 is 0 Å². The van der Waals surface area contributed by atoms with Gasteiger partial charge in [0, 0.05) is 17.8 Å². The summed E-state index contributed by atoms with van der Waals surface area (Å²) in [6, 6.07) is 11.0. The fraction of sp³-hybridized carbons (Fsp3) is 0.133. The van der Waals surface area contributed by atoms with E-state index >= 15 is 0 Å². The highest BCUT2D eigenvalue weighted by molar-refractivity contribution is 6.04. The summed E-state index contributed by atoms with van der Waals surface area (Å²) < 4.78 is 37.3. The van der Waals surface area contributed by atoms with Gasteiger partial charge in [-0.2, -0.15) is 13.2 Å². The first-order chi connectivity index (χ1) is 9.90. The molecule has 0 radical (unpaired) electrons. The Balaban J connectivity index is 2.12. The molecule has 0 spiro atoms. The lowest BCUT2D eigenvalue weighted by Crippen LogP contribution is -2.13. The van der Waals surface area contributed by atoms with Crippen molar-refractivity contribution in [3.8, 4) is 0 Å². The fourth-order valence-corrected chi connectivity index (χ4v) is 1.79. The van der Waals surface area contributed by atoms with E-state index in [-0.39, 0.29) is 0 Å². The molecule has 2 aromatic carbocycles. The normalized spacial score (nSPS) is 11.2. The average Bonchev–Trinajstić information content (AvgIpc) is 2.47. The second-order valence-corrected chi connectivity index (χ2v) is 4.43. The molecule has 0 fully saturated rings. The average molecular weight is 294 g/mol. The maximum atomic E-state index is 12.4. The zero-order valence-electron chi connectivity index (χ0n) is 10.9. The van der Waals surface area contributed by atoms with Crippen molar-refractivity contribution in [2.24, 2.45) is 5.73 Å². The molecule has 0 aliphatic heterocycles. The molecule has 21 heavy (non-hydrogen) atoms. The van der Waals surface area contributed by atoms with E-state index in [0.717, 1.165) is 17.7 Å². The van der Waals surface area contributed by atoms with E-state index in [0.29, 0.717) is 17.8 Å². The fourth-order valence-electron chi connectivity index (χ4n) is 1.79. The minimum absolute atomic E-state index is 0.297. The van der Waals surface area contributed by atoms with E-state index < -0.39 is 17.6 Å². The number of nitrogens with one attached hydrogen (secondary N) is 1. The van der Waals surface area contributed by atoms with Crippen molar-refractivity contribution in [3.05, 3.63) is 65.2 Å². The van der Waals surface area contributed by atoms with Gasteiger partial charge in [-0.1, -0.05) is 12.1 Å². The summed E-state index contributed by atoms with van der Waals surface area (Å²) in [5.41, 5.74) is 6.23. The van der Waals surface area contributed by atoms with Crippen LogP contribution in [0.15, 0.2) is 48.5 Å². The molecule has 0 heterocycles. The molecule has 110 valence electrons. The third kappa shape index (κ3) is 3.82. The molecule has 0 bridgehead atoms. The van der Waals surface area contributed by atoms with Crippen molar-refractivity contribution in [2.45, 2.75) is 12.7 Å². The number of hydrogen-bond donors (Lipinski definition) is 2. The maximum Gasteiger partial charge on any atom is 0.416 e. The Kier molecular flexibility index (Phi) is 4.28. The lowest BCUT2D eigenvalue weighted by atomic mass is 10.1. The summed E-state index contributed by atoms with van der Waals surface area (Å²) in [5.74, 6) is -0.398. The second-order valence-electron chi connectivity index (χ2n) is 4.43. The largest absolute Gasteiger partial charge is 0.416 e. The minimum atomic E-state index is -4.39. The monoisotopic (exact) mass is 294 g/mol. The molecular weight excluding hydrogens is 281 g/mol. The number of carbonyl (C=O) groups is 1. The molecule has 2 aromatic rings. The number of nitrogens with two attached hydrogens (primary N) is 1. The molecule has 0 aromatic heterocycles. The van der Waals surface area contributed by atoms with Crippen LogP contribution in [-0.4, -0.2) is 5.91 Å². The van der Waals surface area contributed by atoms with Crippen molar-refractivity contribution < 1.29 is 18.0 Å². The van der Waals surface area contributed by atoms with Gasteiger partial charge in [-0.05, 0) is 42.0 Å². The summed E-state index contributed by atoms with van der Waals surface area (Å²) >= 11 is 0. The molecule has 6 heteroatoms. The molecule has 3 nitrogen and oxygen atoms in total. The van der Waals surface area contributed by atoms with Crippen LogP contribution < -0.4 is 11.1 Å². The molecule has 0 saturated heterocycles. The van der Waals surface area contributed by atoms with E-state index in [1.165, 1.54) is 12.1 Å². The molecule has 0 atom stereocenters. The Hall–Kier alpha value is -2.34. The van der Waals surface area contributed by atoms with Gasteiger partial charge in [-0.25, -0.2) is 0 Å². The van der Waals surface area contributed by atoms with Crippen molar-refractivity contribution >= 4 is 11.6 Å². The zero-order valence-corrected chi connectivity index (χ0v) is 10.9. The van der Waals surface area contributed by atoms with Gasteiger partial charge < -0.3 is 11.1 Å². The first-order valence-corrected chi connectivity index (χ1v) is 6.18. The Morgan fingerprint density at radius 2 is 1.76 bits per heavy atom. The quantitative estimate of drug-likeness (QED) is 0.911. The lowest BCUT2D eigenvalue weighted by molar-refractivity contribution is -0.137. The van der Waals surface area contributed by atoms with Gasteiger partial charge in [-0.15, -0.1) is 0 Å². The van der Waals surface area contributed by atoms with Crippen LogP contribution in [0.3, 0.4) is 0 Å². The minimum Gasteiger partial charge on any atom is -0.326 e. The number of benzene rings is 2. The Morgan fingerprint density at radius 3 is 2.33 bits per heavy atom. The van der Waals surface area contributed by atoms with E-state index in [1.54, 1.807) is 24.3 Å². The van der Waals surface area contributed by atoms with Crippen LogP contribution in [-0.2, 0) is 12.7 Å². The Morgan fingerprint density at radius 1 is 1.10 bits per heavy atom. The van der Waals surface area contributed by atoms with Gasteiger partial charge in [0.1, 0.15) is 0 Å². The number of halogens is 3. The van der Waals surface area contributed by atoms with Gasteiger partial charge in [0.2, 0.25) is 0 Å². The van der Waals surface area contributed by atoms with E-state index in [1.807, 2.05) is 0 Å². The summed E-state index contributed by atoms with van der Waals surface area (Å²) in [4.78, 5) is 12.0. The third-order valence-electron chi connectivity index (χ3n) is 2.89. The van der Waals surface area contributed by atoms with Crippen molar-refractivity contribution in [2.75, 3.05) is 5.32 Å². The van der Waals surface area contributed by atoms with Gasteiger partial charge >= 0.3 is 6.18 Å². The van der Waals surface area contributed by atoms with E-state index in [9.17, 15) is 18.0 Å². The first kappa shape index (κ1) is 15.1. The molecule has 2 rings (SSSR count). The number of rotatable bonds is 3. The van der Waals surface area contributed by atoms with Gasteiger partial charge in [0.25, 0.3) is 5.91 Å². The Bertz CT molecular complexity index is 636. The van der Waals surface area contributed by atoms with Crippen LogP contribution in [0, 0.1) is 0 Å². The smallest absolute Gasteiger partial charge is 0.326 e. The highest BCUT2D eigenvalue weighted by Crippen LogP contribution is 2.29. The van der Waals surface area contributed by atoms with Crippen LogP contribution in [0.5, 0.6) is 0 Å². The Labute approximate surface area is 119 Å². The second kappa shape index (κ2) is 5.97. The van der Waals surface area contributed by atoms with Crippen LogP contribution in [0.25, 0.3) is 0 Å². The zero-order chi connectivity index (χ0) is 15.5. The summed E-state index contributed by atoms with van der Waals surface area (Å²) in [5, 5.41) is 2.54. The molecule has 0 aliphatic rings. The molecule has 0 unspecified atom stereocenters.